The van der Waals surface area contributed by atoms with E-state index in [-0.39, 0.29) is 18.2 Å². The lowest BCUT2D eigenvalue weighted by atomic mass is 10.1. The molecule has 2 aromatic rings. The zero-order valence-electron chi connectivity index (χ0n) is 18.0. The summed E-state index contributed by atoms with van der Waals surface area (Å²) in [7, 11) is 1.32. The van der Waals surface area contributed by atoms with Gasteiger partial charge in [-0.3, -0.25) is 14.5 Å². The maximum absolute atomic E-state index is 12.9. The number of amidine groups is 1. The number of anilines is 1. The average Bonchev–Trinajstić information content (AvgIpc) is 2.75. The van der Waals surface area contributed by atoms with Gasteiger partial charge in [-0.05, 0) is 56.7 Å². The largest absolute Gasteiger partial charge is 0.465 e. The predicted octanol–water partition coefficient (Wildman–Crippen LogP) is 4.07. The maximum atomic E-state index is 12.9. The van der Waals surface area contributed by atoms with Crippen LogP contribution in [0.2, 0.25) is 0 Å². The second-order valence-corrected chi connectivity index (χ2v) is 8.36. The zero-order chi connectivity index (χ0) is 22.5. The highest BCUT2D eigenvalue weighted by Gasteiger charge is 2.35. The van der Waals surface area contributed by atoms with Gasteiger partial charge in [-0.15, -0.1) is 0 Å². The van der Waals surface area contributed by atoms with E-state index < -0.39 is 11.2 Å². The monoisotopic (exact) mass is 439 g/mol. The number of carbonyl (C=O) groups is 3. The van der Waals surface area contributed by atoms with Gasteiger partial charge in [-0.2, -0.15) is 0 Å². The third-order valence-corrected chi connectivity index (χ3v) is 6.09. The van der Waals surface area contributed by atoms with E-state index in [4.69, 9.17) is 4.74 Å². The molecule has 0 radical (unpaired) electrons. The second-order valence-electron chi connectivity index (χ2n) is 7.19. The lowest BCUT2D eigenvalue weighted by molar-refractivity contribution is -0.129. The molecule has 0 aliphatic carbocycles. The summed E-state index contributed by atoms with van der Waals surface area (Å²) in [5, 5.41) is 2.82. The molecule has 1 fully saturated rings. The number of aryl methyl sites for hydroxylation is 2. The fraction of sp³-hybridized carbons (Fsp3) is 0.304. The number of esters is 1. The predicted molar refractivity (Wildman–Crippen MR) is 123 cm³/mol. The molecule has 3 rings (SSSR count). The highest BCUT2D eigenvalue weighted by molar-refractivity contribution is 8.15. The summed E-state index contributed by atoms with van der Waals surface area (Å²) < 4.78 is 4.70. The first-order valence-corrected chi connectivity index (χ1v) is 10.8. The first kappa shape index (κ1) is 22.6. The first-order valence-electron chi connectivity index (χ1n) is 9.94. The molecule has 0 unspecified atom stereocenters. The van der Waals surface area contributed by atoms with Gasteiger partial charge in [0.1, 0.15) is 5.25 Å². The van der Waals surface area contributed by atoms with Gasteiger partial charge in [0.2, 0.25) is 11.8 Å². The Morgan fingerprint density at radius 3 is 2.52 bits per heavy atom. The highest BCUT2D eigenvalue weighted by atomic mass is 32.2. The standard InChI is InChI=1S/C23H25N3O4S/c1-5-26-20(27)13-19(21(28)25-18-11-6-14(2)12-15(18)3)31-23(26)24-17-9-7-16(8-10-17)22(29)30-4/h6-12,19H,5,13H2,1-4H3,(H,25,28)/t19-/m0/s1. The van der Waals surface area contributed by atoms with E-state index in [2.05, 4.69) is 10.3 Å². The van der Waals surface area contributed by atoms with Gasteiger partial charge in [-0.25, -0.2) is 9.79 Å². The number of aliphatic imine (C=N–C) groups is 1. The molecule has 1 N–H and O–H groups in total. The molecule has 1 heterocycles. The summed E-state index contributed by atoms with van der Waals surface area (Å²) in [6.45, 7) is 6.25. The van der Waals surface area contributed by atoms with Gasteiger partial charge in [-0.1, -0.05) is 29.5 Å². The molecular formula is C23H25N3O4S. The molecule has 1 saturated heterocycles. The molecule has 162 valence electrons. The Balaban J connectivity index is 1.81. The van der Waals surface area contributed by atoms with Crippen LogP contribution in [-0.4, -0.2) is 46.8 Å². The van der Waals surface area contributed by atoms with E-state index in [1.54, 1.807) is 29.2 Å². The molecule has 2 aromatic carbocycles. The molecule has 0 aromatic heterocycles. The Kier molecular flexibility index (Phi) is 7.12. The van der Waals surface area contributed by atoms with Crippen LogP contribution < -0.4 is 5.32 Å². The minimum atomic E-state index is -0.580. The number of hydrogen-bond donors (Lipinski definition) is 1. The SMILES string of the molecule is CCN1C(=O)C[C@@H](C(=O)Nc2ccc(C)cc2C)SC1=Nc1ccc(C(=O)OC)cc1. The number of nitrogens with zero attached hydrogens (tertiary/aromatic N) is 2. The van der Waals surface area contributed by atoms with E-state index >= 15 is 0 Å². The Labute approximate surface area is 185 Å². The molecule has 0 spiro atoms. The number of amides is 2. The van der Waals surface area contributed by atoms with Crippen LogP contribution in [0.1, 0.15) is 34.8 Å². The van der Waals surface area contributed by atoms with Crippen molar-refractivity contribution < 1.29 is 19.1 Å². The first-order chi connectivity index (χ1) is 14.8. The molecule has 7 nitrogen and oxygen atoms in total. The lowest BCUT2D eigenvalue weighted by Gasteiger charge is -2.31. The normalized spacial score (nSPS) is 17.5. The minimum Gasteiger partial charge on any atom is -0.465 e. The summed E-state index contributed by atoms with van der Waals surface area (Å²) in [4.78, 5) is 43.3. The van der Waals surface area contributed by atoms with Crippen molar-refractivity contribution in [3.8, 4) is 0 Å². The number of nitrogens with one attached hydrogen (secondary N) is 1. The average molecular weight is 440 g/mol. The summed E-state index contributed by atoms with van der Waals surface area (Å²) in [5.74, 6) is -0.804. The van der Waals surface area contributed by atoms with Gasteiger partial charge in [0.15, 0.2) is 5.17 Å². The number of methoxy groups -OCH3 is 1. The van der Waals surface area contributed by atoms with Crippen LogP contribution >= 0.6 is 11.8 Å². The number of rotatable bonds is 5. The van der Waals surface area contributed by atoms with Crippen molar-refractivity contribution in [3.05, 3.63) is 59.2 Å². The van der Waals surface area contributed by atoms with Crippen molar-refractivity contribution in [3.63, 3.8) is 0 Å². The molecule has 1 atom stereocenters. The van der Waals surface area contributed by atoms with Gasteiger partial charge in [0, 0.05) is 18.7 Å². The van der Waals surface area contributed by atoms with Crippen molar-refractivity contribution in [2.45, 2.75) is 32.4 Å². The van der Waals surface area contributed by atoms with E-state index in [1.165, 1.54) is 18.9 Å². The Bertz CT molecular complexity index is 1030. The smallest absolute Gasteiger partial charge is 0.337 e. The van der Waals surface area contributed by atoms with E-state index in [0.29, 0.717) is 23.0 Å². The quantitative estimate of drug-likeness (QED) is 0.710. The second kappa shape index (κ2) is 9.78. The van der Waals surface area contributed by atoms with E-state index in [1.807, 2.05) is 39.0 Å². The number of benzene rings is 2. The zero-order valence-corrected chi connectivity index (χ0v) is 18.8. The van der Waals surface area contributed by atoms with Crippen molar-refractivity contribution in [2.24, 2.45) is 4.99 Å². The van der Waals surface area contributed by atoms with Gasteiger partial charge in [0.25, 0.3) is 0 Å². The molecular weight excluding hydrogens is 414 g/mol. The summed E-state index contributed by atoms with van der Waals surface area (Å²) in [6.07, 6.45) is 0.107. The molecule has 0 bridgehead atoms. The van der Waals surface area contributed by atoms with Crippen molar-refractivity contribution in [2.75, 3.05) is 19.0 Å². The third kappa shape index (κ3) is 5.32. The van der Waals surface area contributed by atoms with Crippen molar-refractivity contribution in [1.29, 1.82) is 0 Å². The van der Waals surface area contributed by atoms with Crippen LogP contribution in [0.4, 0.5) is 11.4 Å². The van der Waals surface area contributed by atoms with Crippen molar-refractivity contribution in [1.82, 2.24) is 4.90 Å². The molecule has 1 aliphatic rings. The third-order valence-electron chi connectivity index (χ3n) is 4.90. The van der Waals surface area contributed by atoms with Crippen LogP contribution in [0.25, 0.3) is 0 Å². The van der Waals surface area contributed by atoms with Gasteiger partial charge >= 0.3 is 5.97 Å². The number of hydrogen-bond acceptors (Lipinski definition) is 6. The van der Waals surface area contributed by atoms with Crippen LogP contribution in [-0.2, 0) is 14.3 Å². The Morgan fingerprint density at radius 2 is 1.90 bits per heavy atom. The maximum Gasteiger partial charge on any atom is 0.337 e. The van der Waals surface area contributed by atoms with Crippen LogP contribution in [0.3, 0.4) is 0 Å². The molecule has 2 amide bonds. The van der Waals surface area contributed by atoms with Crippen molar-refractivity contribution >= 4 is 46.1 Å². The molecule has 8 heteroatoms. The molecule has 31 heavy (non-hydrogen) atoms. The minimum absolute atomic E-state index is 0.107. The lowest BCUT2D eigenvalue weighted by Crippen LogP contribution is -2.45. The van der Waals surface area contributed by atoms with Crippen LogP contribution in [0.15, 0.2) is 47.5 Å². The van der Waals surface area contributed by atoms with Crippen LogP contribution in [0.5, 0.6) is 0 Å². The van der Waals surface area contributed by atoms with E-state index in [9.17, 15) is 14.4 Å². The summed E-state index contributed by atoms with van der Waals surface area (Å²) in [5.41, 5.74) is 3.81. The summed E-state index contributed by atoms with van der Waals surface area (Å²) >= 11 is 1.27. The molecule has 1 aliphatic heterocycles. The topological polar surface area (TPSA) is 88.1 Å². The number of carbonyl (C=O) groups excluding carboxylic acids is 3. The fourth-order valence-electron chi connectivity index (χ4n) is 3.22. The summed E-state index contributed by atoms with van der Waals surface area (Å²) in [6, 6.07) is 12.4. The van der Waals surface area contributed by atoms with Crippen LogP contribution in [0, 0.1) is 13.8 Å². The molecule has 0 saturated carbocycles. The number of thioether (sulfide) groups is 1. The highest BCUT2D eigenvalue weighted by Crippen LogP contribution is 2.30. The van der Waals surface area contributed by atoms with E-state index in [0.717, 1.165) is 16.8 Å². The van der Waals surface area contributed by atoms with Gasteiger partial charge < -0.3 is 10.1 Å². The Hall–Kier alpha value is -3.13. The Morgan fingerprint density at radius 1 is 1.19 bits per heavy atom. The fourth-order valence-corrected chi connectivity index (χ4v) is 4.38. The number of ether oxygens (including phenoxy) is 1. The van der Waals surface area contributed by atoms with Gasteiger partial charge in [0.05, 0.1) is 18.4 Å².